The molecule has 0 bridgehead atoms. The van der Waals surface area contributed by atoms with Crippen molar-refractivity contribution in [2.75, 3.05) is 0 Å². The van der Waals surface area contributed by atoms with Crippen molar-refractivity contribution in [1.82, 2.24) is 15.2 Å². The summed E-state index contributed by atoms with van der Waals surface area (Å²) in [5.74, 6) is 0.242. The van der Waals surface area contributed by atoms with E-state index >= 15 is 0 Å². The number of nitrogens with one attached hydrogen (secondary N) is 1. The second kappa shape index (κ2) is 7.80. The molecule has 31 heavy (non-hydrogen) atoms. The fraction of sp³-hybridized carbons (Fsp3) is 0.652. The number of aromatic nitrogens is 1. The summed E-state index contributed by atoms with van der Waals surface area (Å²) in [5, 5.41) is 2.93. The molecule has 0 aromatic carbocycles. The maximum atomic E-state index is 12.9. The lowest BCUT2D eigenvalue weighted by Gasteiger charge is -2.58. The van der Waals surface area contributed by atoms with E-state index in [9.17, 15) is 14.4 Å². The number of rotatable bonds is 6. The molecule has 5 rings (SSSR count). The molecule has 166 valence electrons. The predicted octanol–water partition coefficient (Wildman–Crippen LogP) is 2.76. The number of ether oxygens (including phenoxy) is 1. The van der Waals surface area contributed by atoms with Gasteiger partial charge in [-0.3, -0.25) is 14.5 Å². The van der Waals surface area contributed by atoms with Crippen molar-refractivity contribution in [3.63, 3.8) is 0 Å². The molecule has 0 radical (unpaired) electrons. The molecule has 1 atom stereocenters. The maximum Gasteiger partial charge on any atom is 0.325 e. The molecule has 2 heterocycles. The second-order valence-electron chi connectivity index (χ2n) is 9.88. The number of hydrogen-bond acceptors (Lipinski definition) is 5. The number of urea groups is 1. The number of nitrogens with zero attached hydrogens (tertiary/aromatic N) is 2. The smallest absolute Gasteiger partial charge is 0.325 e. The fourth-order valence-corrected chi connectivity index (χ4v) is 6.09. The average Bonchev–Trinajstić information content (AvgIpc) is 2.97. The lowest BCUT2D eigenvalue weighted by Crippen LogP contribution is -2.60. The molecule has 8 heteroatoms. The van der Waals surface area contributed by atoms with Crippen molar-refractivity contribution in [2.24, 2.45) is 17.1 Å². The number of amides is 4. The van der Waals surface area contributed by atoms with Crippen molar-refractivity contribution < 1.29 is 19.1 Å². The summed E-state index contributed by atoms with van der Waals surface area (Å²) in [7, 11) is 0. The summed E-state index contributed by atoms with van der Waals surface area (Å²) >= 11 is 0. The Morgan fingerprint density at radius 3 is 2.65 bits per heavy atom. The lowest BCUT2D eigenvalue weighted by molar-refractivity contribution is -0.141. The van der Waals surface area contributed by atoms with Crippen molar-refractivity contribution >= 4 is 17.8 Å². The Bertz CT molecular complexity index is 883. The van der Waals surface area contributed by atoms with Gasteiger partial charge in [0.1, 0.15) is 17.7 Å². The molecule has 3 N–H and O–H groups in total. The topological polar surface area (TPSA) is 115 Å². The van der Waals surface area contributed by atoms with Crippen LogP contribution in [0.25, 0.3) is 0 Å². The Morgan fingerprint density at radius 1 is 1.19 bits per heavy atom. The quantitative estimate of drug-likeness (QED) is 0.679. The van der Waals surface area contributed by atoms with Gasteiger partial charge in [0.25, 0.3) is 11.8 Å². The third-order valence-corrected chi connectivity index (χ3v) is 7.68. The van der Waals surface area contributed by atoms with Crippen LogP contribution in [0.2, 0.25) is 0 Å². The maximum absolute atomic E-state index is 12.9. The summed E-state index contributed by atoms with van der Waals surface area (Å²) in [4.78, 5) is 42.6. The molecule has 1 unspecified atom stereocenters. The zero-order valence-corrected chi connectivity index (χ0v) is 17.7. The van der Waals surface area contributed by atoms with E-state index < -0.39 is 5.91 Å². The summed E-state index contributed by atoms with van der Waals surface area (Å²) < 4.78 is 5.91. The average molecular weight is 427 g/mol. The molecular weight excluding hydrogens is 396 g/mol. The first-order valence-electron chi connectivity index (χ1n) is 11.5. The van der Waals surface area contributed by atoms with Crippen LogP contribution in [0.4, 0.5) is 4.79 Å². The first-order chi connectivity index (χ1) is 14.9. The molecule has 1 aliphatic heterocycles. The lowest BCUT2D eigenvalue weighted by atomic mass is 9.52. The highest BCUT2D eigenvalue weighted by Gasteiger charge is 2.58. The molecule has 1 aromatic heterocycles. The van der Waals surface area contributed by atoms with Crippen LogP contribution in [-0.4, -0.2) is 45.9 Å². The minimum Gasteiger partial charge on any atom is -0.474 e. The molecule has 4 aliphatic rings. The van der Waals surface area contributed by atoms with E-state index in [4.69, 9.17) is 10.5 Å². The molecule has 1 aromatic rings. The normalized spacial score (nSPS) is 33.0. The first kappa shape index (κ1) is 20.3. The highest BCUT2D eigenvalue weighted by molar-refractivity contribution is 6.04. The zero-order chi connectivity index (χ0) is 21.6. The van der Waals surface area contributed by atoms with Gasteiger partial charge in [-0.15, -0.1) is 0 Å². The molecule has 3 aliphatic carbocycles. The van der Waals surface area contributed by atoms with E-state index in [0.29, 0.717) is 11.5 Å². The van der Waals surface area contributed by atoms with Crippen molar-refractivity contribution in [1.29, 1.82) is 0 Å². The molecule has 8 nitrogen and oxygen atoms in total. The molecule has 4 amide bonds. The van der Waals surface area contributed by atoms with Gasteiger partial charge in [-0.1, -0.05) is 32.1 Å². The van der Waals surface area contributed by atoms with Crippen LogP contribution < -0.4 is 15.8 Å². The third kappa shape index (κ3) is 3.77. The summed E-state index contributed by atoms with van der Waals surface area (Å²) in [6.45, 7) is 0. The number of primary amides is 1. The third-order valence-electron chi connectivity index (χ3n) is 7.68. The van der Waals surface area contributed by atoms with Gasteiger partial charge >= 0.3 is 6.03 Å². The van der Waals surface area contributed by atoms with Crippen LogP contribution in [0, 0.1) is 11.3 Å². The van der Waals surface area contributed by atoms with E-state index in [2.05, 4.69) is 10.3 Å². The van der Waals surface area contributed by atoms with Gasteiger partial charge in [0.15, 0.2) is 0 Å². The molecule has 1 saturated heterocycles. The van der Waals surface area contributed by atoms with Gasteiger partial charge in [-0.2, -0.15) is 0 Å². The van der Waals surface area contributed by atoms with Crippen molar-refractivity contribution in [3.8, 4) is 5.88 Å². The second-order valence-corrected chi connectivity index (χ2v) is 9.88. The van der Waals surface area contributed by atoms with Gasteiger partial charge in [-0.05, 0) is 55.6 Å². The summed E-state index contributed by atoms with van der Waals surface area (Å²) in [5.41, 5.74) is 5.80. The Hall–Kier alpha value is -2.64. The minimum atomic E-state index is -0.554. The van der Waals surface area contributed by atoms with Gasteiger partial charge in [-0.25, -0.2) is 9.78 Å². The van der Waals surface area contributed by atoms with Crippen LogP contribution in [0.5, 0.6) is 5.88 Å². The van der Waals surface area contributed by atoms with E-state index in [0.717, 1.165) is 32.1 Å². The van der Waals surface area contributed by atoms with Gasteiger partial charge < -0.3 is 15.8 Å². The van der Waals surface area contributed by atoms with Crippen LogP contribution >= 0.6 is 0 Å². The number of carbonyl (C=O) groups excluding carboxylic acids is 3. The predicted molar refractivity (Wildman–Crippen MR) is 112 cm³/mol. The monoisotopic (exact) mass is 426 g/mol. The molecule has 3 saturated carbocycles. The molecule has 4 fully saturated rings. The highest BCUT2D eigenvalue weighted by atomic mass is 16.5. The molecular formula is C23H30N4O4. The summed E-state index contributed by atoms with van der Waals surface area (Å²) in [6, 6.07) is 2.68. The van der Waals surface area contributed by atoms with Gasteiger partial charge in [0.05, 0.1) is 0 Å². The van der Waals surface area contributed by atoms with E-state index in [1.54, 1.807) is 18.3 Å². The standard InChI is InChI=1S/C23H30N4O4/c24-19(28)17-7-4-8-25-20(17)31-16-12-23(13-16)10-15(11-23)27-21(29)18(26-22(27)30)9-14-5-2-1-3-6-14/h4,7-8,14-16,18H,1-3,5-6,9-13H2,(H2,24,28)(H,26,30)/t15-,16-,18?,23?. The Labute approximate surface area is 181 Å². The number of nitrogens with two attached hydrogens (primary N) is 1. The van der Waals surface area contributed by atoms with Crippen LogP contribution in [0.1, 0.15) is 74.6 Å². The number of carbonyl (C=O) groups is 3. The number of pyridine rings is 1. The number of imide groups is 1. The SMILES string of the molecule is NC(=O)c1cccnc1O[C@H]1CC2(C1)C[C@H](N1C(=O)NC(CC3CCCCC3)C1=O)C2. The zero-order valence-electron chi connectivity index (χ0n) is 17.7. The fourth-order valence-electron chi connectivity index (χ4n) is 6.09. The Balaban J connectivity index is 1.13. The van der Waals surface area contributed by atoms with Crippen molar-refractivity contribution in [3.05, 3.63) is 23.9 Å². The van der Waals surface area contributed by atoms with E-state index in [1.165, 1.54) is 37.0 Å². The molecule has 1 spiro atoms. The van der Waals surface area contributed by atoms with Gasteiger partial charge in [0.2, 0.25) is 5.88 Å². The van der Waals surface area contributed by atoms with Gasteiger partial charge in [0, 0.05) is 12.2 Å². The largest absolute Gasteiger partial charge is 0.474 e. The first-order valence-corrected chi connectivity index (χ1v) is 11.5. The van der Waals surface area contributed by atoms with Crippen molar-refractivity contribution in [2.45, 2.75) is 82.4 Å². The Morgan fingerprint density at radius 2 is 1.94 bits per heavy atom. The highest BCUT2D eigenvalue weighted by Crippen LogP contribution is 2.58. The Kier molecular flexibility index (Phi) is 5.10. The van der Waals surface area contributed by atoms with Crippen LogP contribution in [0.15, 0.2) is 18.3 Å². The van der Waals surface area contributed by atoms with E-state index in [1.807, 2.05) is 0 Å². The summed E-state index contributed by atoms with van der Waals surface area (Å²) in [6.07, 6.45) is 11.8. The minimum absolute atomic E-state index is 0.0131. The number of hydrogen-bond donors (Lipinski definition) is 2. The van der Waals surface area contributed by atoms with Crippen LogP contribution in [-0.2, 0) is 4.79 Å². The van der Waals surface area contributed by atoms with Crippen LogP contribution in [0.3, 0.4) is 0 Å². The van der Waals surface area contributed by atoms with E-state index in [-0.39, 0.29) is 41.4 Å².